The lowest BCUT2D eigenvalue weighted by Gasteiger charge is -2.11. The third-order valence-electron chi connectivity index (χ3n) is 3.00. The number of carbonyl (C=O) groups is 4. The van der Waals surface area contributed by atoms with Crippen molar-refractivity contribution in [2.45, 2.75) is 0 Å². The van der Waals surface area contributed by atoms with E-state index in [1.165, 1.54) is 17.4 Å². The molecule has 0 aliphatic heterocycles. The quantitative estimate of drug-likeness (QED) is 0.531. The van der Waals surface area contributed by atoms with Crippen molar-refractivity contribution < 1.29 is 29.4 Å². The summed E-state index contributed by atoms with van der Waals surface area (Å²) < 4.78 is 0. The number of aromatic nitrogens is 1. The van der Waals surface area contributed by atoms with E-state index in [9.17, 15) is 19.2 Å². The Morgan fingerprint density at radius 3 is 2.11 bits per heavy atom. The number of nitrogens with one attached hydrogen (secondary N) is 2. The number of hydrogen-bond acceptors (Lipinski definition) is 6. The first-order valence-electron chi connectivity index (χ1n) is 7.32. The highest BCUT2D eigenvalue weighted by Crippen LogP contribution is 2.33. The second-order valence-corrected chi connectivity index (χ2v) is 5.83. The molecule has 1 aromatic carbocycles. The number of rotatable bonds is 7. The monoisotopic (exact) mass is 387 g/mol. The highest BCUT2D eigenvalue weighted by molar-refractivity contribution is 7.13. The minimum absolute atomic E-state index is 0.306. The molecular weight excluding hydrogens is 374 g/mol. The molecule has 0 bridgehead atoms. The van der Waals surface area contributed by atoms with E-state index in [2.05, 4.69) is 15.6 Å². The number of thiazole rings is 1. The van der Waals surface area contributed by atoms with E-state index in [1.54, 1.807) is 23.8 Å². The Morgan fingerprint density at radius 1 is 0.926 bits per heavy atom. The number of aliphatic carboxylic acids is 2. The van der Waals surface area contributed by atoms with Gasteiger partial charge in [-0.15, -0.1) is 11.3 Å². The molecule has 0 fully saturated rings. The van der Waals surface area contributed by atoms with Gasteiger partial charge in [0.15, 0.2) is 0 Å². The number of benzene rings is 1. The van der Waals surface area contributed by atoms with E-state index in [0.717, 1.165) is 17.0 Å². The molecule has 27 heavy (non-hydrogen) atoms. The molecule has 0 unspecified atom stereocenters. The largest absolute Gasteiger partial charge is 0.478 e. The van der Waals surface area contributed by atoms with Gasteiger partial charge in [-0.25, -0.2) is 9.59 Å². The molecule has 138 valence electrons. The van der Waals surface area contributed by atoms with Crippen molar-refractivity contribution >= 4 is 46.5 Å². The van der Waals surface area contributed by atoms with Gasteiger partial charge in [0, 0.05) is 41.8 Å². The fourth-order valence-corrected chi connectivity index (χ4v) is 2.60. The summed E-state index contributed by atoms with van der Waals surface area (Å²) in [6.07, 6.45) is 4.70. The van der Waals surface area contributed by atoms with Gasteiger partial charge in [-0.3, -0.25) is 14.6 Å². The van der Waals surface area contributed by atoms with Gasteiger partial charge in [0.25, 0.3) is 0 Å². The Kier molecular flexibility index (Phi) is 6.55. The third kappa shape index (κ3) is 6.21. The molecule has 10 heteroatoms. The van der Waals surface area contributed by atoms with E-state index in [4.69, 9.17) is 10.2 Å². The molecule has 4 N–H and O–H groups in total. The topological polar surface area (TPSA) is 146 Å². The van der Waals surface area contributed by atoms with Gasteiger partial charge >= 0.3 is 11.9 Å². The second-order valence-electron chi connectivity index (χ2n) is 4.95. The van der Waals surface area contributed by atoms with E-state index >= 15 is 0 Å². The predicted octanol–water partition coefficient (Wildman–Crippen LogP) is 1.97. The van der Waals surface area contributed by atoms with E-state index in [0.29, 0.717) is 29.1 Å². The SMILES string of the molecule is O=C(O)/C=C\C(=O)Nc1cc(NC(=O)/C=C/C(=O)O)ccc1-c1cncs1. The molecule has 2 rings (SSSR count). The van der Waals surface area contributed by atoms with Gasteiger partial charge in [-0.2, -0.15) is 0 Å². The first-order valence-corrected chi connectivity index (χ1v) is 8.20. The van der Waals surface area contributed by atoms with Crippen LogP contribution in [0.3, 0.4) is 0 Å². The molecule has 2 aromatic rings. The zero-order chi connectivity index (χ0) is 19.8. The minimum atomic E-state index is -1.26. The number of amides is 2. The molecule has 0 aliphatic rings. The normalized spacial score (nSPS) is 10.8. The Bertz CT molecular complexity index is 934. The lowest BCUT2D eigenvalue weighted by atomic mass is 10.1. The summed E-state index contributed by atoms with van der Waals surface area (Å²) in [5.74, 6) is -3.86. The molecular formula is C17H13N3O6S. The fourth-order valence-electron chi connectivity index (χ4n) is 1.94. The summed E-state index contributed by atoms with van der Waals surface area (Å²) >= 11 is 1.33. The van der Waals surface area contributed by atoms with Crippen LogP contribution < -0.4 is 10.6 Å². The van der Waals surface area contributed by atoms with Crippen LogP contribution in [-0.4, -0.2) is 39.0 Å². The van der Waals surface area contributed by atoms with Crippen LogP contribution in [0.4, 0.5) is 11.4 Å². The summed E-state index contributed by atoms with van der Waals surface area (Å²) in [6.45, 7) is 0. The Labute approximate surface area is 156 Å². The fraction of sp³-hybridized carbons (Fsp3) is 0. The molecule has 0 saturated carbocycles. The number of anilines is 2. The zero-order valence-electron chi connectivity index (χ0n) is 13.6. The number of carboxylic acids is 2. The van der Waals surface area contributed by atoms with Crippen LogP contribution >= 0.6 is 11.3 Å². The van der Waals surface area contributed by atoms with Gasteiger partial charge in [0.05, 0.1) is 16.1 Å². The lowest BCUT2D eigenvalue weighted by Crippen LogP contribution is -2.12. The van der Waals surface area contributed by atoms with Crippen LogP contribution in [0.15, 0.2) is 54.2 Å². The second kappa shape index (κ2) is 9.06. The average molecular weight is 387 g/mol. The summed E-state index contributed by atoms with van der Waals surface area (Å²) in [5.41, 5.74) is 2.85. The Morgan fingerprint density at radius 2 is 1.56 bits per heavy atom. The molecule has 0 atom stereocenters. The number of nitrogens with zero attached hydrogens (tertiary/aromatic N) is 1. The van der Waals surface area contributed by atoms with Crippen LogP contribution in [0.5, 0.6) is 0 Å². The van der Waals surface area contributed by atoms with E-state index in [1.807, 2.05) is 0 Å². The van der Waals surface area contributed by atoms with Crippen LogP contribution in [0.25, 0.3) is 10.4 Å². The molecule has 0 aliphatic carbocycles. The van der Waals surface area contributed by atoms with E-state index < -0.39 is 23.8 Å². The average Bonchev–Trinajstić information content (AvgIpc) is 3.13. The third-order valence-corrected chi connectivity index (χ3v) is 3.80. The van der Waals surface area contributed by atoms with Crippen molar-refractivity contribution in [3.05, 3.63) is 54.2 Å². The van der Waals surface area contributed by atoms with Crippen LogP contribution in [0.2, 0.25) is 0 Å². The number of carbonyl (C=O) groups excluding carboxylic acids is 2. The van der Waals surface area contributed by atoms with Crippen LogP contribution in [-0.2, 0) is 19.2 Å². The molecule has 0 spiro atoms. The van der Waals surface area contributed by atoms with Gasteiger partial charge in [0.2, 0.25) is 11.8 Å². The number of carboxylic acid groups (broad SMARTS) is 2. The van der Waals surface area contributed by atoms with Gasteiger partial charge in [-0.1, -0.05) is 0 Å². The van der Waals surface area contributed by atoms with Gasteiger partial charge in [-0.05, 0) is 18.2 Å². The first-order chi connectivity index (χ1) is 12.8. The highest BCUT2D eigenvalue weighted by atomic mass is 32.1. The minimum Gasteiger partial charge on any atom is -0.478 e. The smallest absolute Gasteiger partial charge is 0.328 e. The van der Waals surface area contributed by atoms with Crippen molar-refractivity contribution in [1.29, 1.82) is 0 Å². The summed E-state index contributed by atoms with van der Waals surface area (Å²) in [7, 11) is 0. The molecule has 1 heterocycles. The van der Waals surface area contributed by atoms with Crippen molar-refractivity contribution in [2.24, 2.45) is 0 Å². The molecule has 9 nitrogen and oxygen atoms in total. The molecule has 2 amide bonds. The van der Waals surface area contributed by atoms with Crippen molar-refractivity contribution in [3.8, 4) is 10.4 Å². The maximum atomic E-state index is 11.9. The summed E-state index contributed by atoms with van der Waals surface area (Å²) in [4.78, 5) is 49.3. The van der Waals surface area contributed by atoms with Gasteiger partial charge < -0.3 is 20.8 Å². The maximum Gasteiger partial charge on any atom is 0.328 e. The van der Waals surface area contributed by atoms with Crippen LogP contribution in [0.1, 0.15) is 0 Å². The molecule has 0 saturated heterocycles. The van der Waals surface area contributed by atoms with Crippen molar-refractivity contribution in [3.63, 3.8) is 0 Å². The lowest BCUT2D eigenvalue weighted by molar-refractivity contribution is -0.132. The number of hydrogen-bond donors (Lipinski definition) is 4. The zero-order valence-corrected chi connectivity index (χ0v) is 14.4. The van der Waals surface area contributed by atoms with Gasteiger partial charge in [0.1, 0.15) is 0 Å². The molecule has 0 radical (unpaired) electrons. The molecule has 1 aromatic heterocycles. The van der Waals surface area contributed by atoms with Crippen molar-refractivity contribution in [2.75, 3.05) is 10.6 Å². The van der Waals surface area contributed by atoms with Crippen LogP contribution in [0, 0.1) is 0 Å². The maximum absolute atomic E-state index is 11.9. The predicted molar refractivity (Wildman–Crippen MR) is 98.4 cm³/mol. The van der Waals surface area contributed by atoms with Crippen molar-refractivity contribution in [1.82, 2.24) is 4.98 Å². The first kappa shape index (κ1) is 19.5. The Hall–Kier alpha value is -3.79. The summed E-state index contributed by atoms with van der Waals surface area (Å²) in [5, 5.41) is 22.1. The highest BCUT2D eigenvalue weighted by Gasteiger charge is 2.11. The summed E-state index contributed by atoms with van der Waals surface area (Å²) in [6, 6.07) is 4.68. The standard InChI is InChI=1S/C17H13N3O6S/c21-14(3-5-16(23)24)19-10-1-2-11(13-8-18-9-27-13)12(7-10)20-15(22)4-6-17(25)26/h1-9H,(H,19,21)(H,20,22)(H,23,24)(H,25,26)/b5-3+,6-4-. The Balaban J connectivity index is 2.29. The van der Waals surface area contributed by atoms with E-state index in [-0.39, 0.29) is 0 Å².